The predicted molar refractivity (Wildman–Crippen MR) is 184 cm³/mol. The number of amides is 1. The largest absolute Gasteiger partial charge is 0.476 e. The summed E-state index contributed by atoms with van der Waals surface area (Å²) in [6.45, 7) is 9.07. The molecule has 46 heavy (non-hydrogen) atoms. The van der Waals surface area contributed by atoms with Gasteiger partial charge in [-0.3, -0.25) is 4.90 Å². The maximum Gasteiger partial charge on any atom is 0.410 e. The molecule has 0 aliphatic carbocycles. The number of esters is 1. The van der Waals surface area contributed by atoms with Crippen molar-refractivity contribution in [3.63, 3.8) is 0 Å². The van der Waals surface area contributed by atoms with Gasteiger partial charge < -0.3 is 24.4 Å². The fourth-order valence-electron chi connectivity index (χ4n) is 6.15. The highest BCUT2D eigenvalue weighted by atomic mass is 79.9. The Bertz CT molecular complexity index is 1430. The highest BCUT2D eigenvalue weighted by Gasteiger charge is 2.37. The monoisotopic (exact) mass is 711 g/mol. The third-order valence-corrected chi connectivity index (χ3v) is 9.69. The van der Waals surface area contributed by atoms with Crippen LogP contribution in [-0.4, -0.2) is 73.4 Å². The predicted octanol–water partition coefficient (Wildman–Crippen LogP) is 7.80. The van der Waals surface area contributed by atoms with Gasteiger partial charge >= 0.3 is 12.1 Å². The van der Waals surface area contributed by atoms with E-state index >= 15 is 0 Å². The normalized spacial score (nSPS) is 16.9. The van der Waals surface area contributed by atoms with E-state index in [9.17, 15) is 9.59 Å². The van der Waals surface area contributed by atoms with Crippen molar-refractivity contribution >= 4 is 45.3 Å². The number of piperidine rings is 1. The number of nitrogens with one attached hydrogen (secondary N) is 1. The van der Waals surface area contributed by atoms with Crippen LogP contribution >= 0.6 is 27.5 Å². The Balaban J connectivity index is 1.24. The summed E-state index contributed by atoms with van der Waals surface area (Å²) in [6, 6.07) is 25.1. The number of hydrogen-bond acceptors (Lipinski definition) is 7. The van der Waals surface area contributed by atoms with Crippen molar-refractivity contribution in [2.75, 3.05) is 45.2 Å². The molecular weight excluding hydrogens is 670 g/mol. The standard InChI is InChI=1S/C36H43BrClN3O5/c1-36(2,3)46-35(43)40-17-15-27(16-18-40)33(34(42)44-4)45-31-19-28(37)29(38)20-30(31)39-21-24-22-41(23-24)32(25-11-7-5-8-12-25)26-13-9-6-10-14-26/h5-14,19-20,24,27,32-33,39H,15-18,21-23H2,1-4H3/t33-/m0/s1. The van der Waals surface area contributed by atoms with Crippen LogP contribution in [0, 0.1) is 11.8 Å². The molecule has 2 aliphatic rings. The molecule has 8 nitrogen and oxygen atoms in total. The molecule has 0 radical (unpaired) electrons. The Morgan fingerprint density at radius 2 is 1.57 bits per heavy atom. The van der Waals surface area contributed by atoms with Crippen molar-refractivity contribution < 1.29 is 23.8 Å². The van der Waals surface area contributed by atoms with Crippen molar-refractivity contribution in [3.05, 3.63) is 93.4 Å². The molecule has 0 saturated carbocycles. The number of methoxy groups -OCH3 is 1. The minimum atomic E-state index is -0.837. The van der Waals surface area contributed by atoms with Crippen molar-refractivity contribution in [2.24, 2.45) is 11.8 Å². The van der Waals surface area contributed by atoms with Crippen LogP contribution < -0.4 is 10.1 Å². The second-order valence-electron chi connectivity index (χ2n) is 13.1. The van der Waals surface area contributed by atoms with Crippen LogP contribution in [0.5, 0.6) is 5.75 Å². The molecule has 1 amide bonds. The molecule has 10 heteroatoms. The first-order chi connectivity index (χ1) is 22.0. The zero-order valence-electron chi connectivity index (χ0n) is 26.9. The molecule has 2 saturated heterocycles. The van der Waals surface area contributed by atoms with Crippen molar-refractivity contribution in [2.45, 2.75) is 51.4 Å². The lowest BCUT2D eigenvalue weighted by molar-refractivity contribution is -0.152. The van der Waals surface area contributed by atoms with Gasteiger partial charge in [-0.2, -0.15) is 0 Å². The highest BCUT2D eigenvalue weighted by Crippen LogP contribution is 2.38. The van der Waals surface area contributed by atoms with Crippen molar-refractivity contribution in [1.82, 2.24) is 9.80 Å². The Labute approximate surface area is 285 Å². The lowest BCUT2D eigenvalue weighted by Gasteiger charge is -2.45. The smallest absolute Gasteiger partial charge is 0.410 e. The quantitative estimate of drug-likeness (QED) is 0.215. The fraction of sp³-hybridized carbons (Fsp3) is 0.444. The molecule has 0 aromatic heterocycles. The van der Waals surface area contributed by atoms with Crippen LogP contribution in [0.4, 0.5) is 10.5 Å². The number of rotatable bonds is 10. The van der Waals surface area contributed by atoms with E-state index in [1.165, 1.54) is 18.2 Å². The molecule has 3 aromatic carbocycles. The maximum absolute atomic E-state index is 13.0. The molecule has 2 heterocycles. The van der Waals surface area contributed by atoms with Gasteiger partial charge in [-0.25, -0.2) is 9.59 Å². The summed E-state index contributed by atoms with van der Waals surface area (Å²) in [6.07, 6.45) is -0.0178. The van der Waals surface area contributed by atoms with Gasteiger partial charge in [0.05, 0.1) is 23.9 Å². The van der Waals surface area contributed by atoms with Crippen LogP contribution in [0.15, 0.2) is 77.3 Å². The topological polar surface area (TPSA) is 80.3 Å². The van der Waals surface area contributed by atoms with E-state index in [1.54, 1.807) is 11.0 Å². The summed E-state index contributed by atoms with van der Waals surface area (Å²) in [4.78, 5) is 29.8. The lowest BCUT2D eigenvalue weighted by Crippen LogP contribution is -2.51. The number of anilines is 1. The van der Waals surface area contributed by atoms with Crippen LogP contribution in [-0.2, 0) is 14.3 Å². The average Bonchev–Trinajstić information content (AvgIpc) is 3.02. The zero-order chi connectivity index (χ0) is 32.8. The van der Waals surface area contributed by atoms with Crippen molar-refractivity contribution in [1.29, 1.82) is 0 Å². The zero-order valence-corrected chi connectivity index (χ0v) is 29.2. The minimum absolute atomic E-state index is 0.137. The Morgan fingerprint density at radius 3 is 2.11 bits per heavy atom. The molecule has 0 unspecified atom stereocenters. The second kappa shape index (κ2) is 15.1. The molecule has 1 N–H and O–H groups in total. The van der Waals surface area contributed by atoms with E-state index in [0.717, 1.165) is 25.3 Å². The maximum atomic E-state index is 13.0. The van der Waals surface area contributed by atoms with E-state index in [0.29, 0.717) is 47.1 Å². The molecule has 2 aliphatic heterocycles. The number of nitrogens with zero attached hydrogens (tertiary/aromatic N) is 2. The summed E-state index contributed by atoms with van der Waals surface area (Å²) >= 11 is 10.0. The van der Waals surface area contributed by atoms with Crippen LogP contribution in [0.25, 0.3) is 0 Å². The van der Waals surface area contributed by atoms with E-state index in [2.05, 4.69) is 86.8 Å². The molecule has 0 bridgehead atoms. The van der Waals surface area contributed by atoms with Gasteiger partial charge in [0, 0.05) is 49.0 Å². The summed E-state index contributed by atoms with van der Waals surface area (Å²) < 4.78 is 17.8. The van der Waals surface area contributed by atoms with Crippen LogP contribution in [0.2, 0.25) is 5.02 Å². The van der Waals surface area contributed by atoms with E-state index in [-0.39, 0.29) is 18.1 Å². The highest BCUT2D eigenvalue weighted by molar-refractivity contribution is 9.10. The van der Waals surface area contributed by atoms with Gasteiger partial charge in [0.2, 0.25) is 0 Å². The van der Waals surface area contributed by atoms with Crippen LogP contribution in [0.1, 0.15) is 50.8 Å². The first-order valence-corrected chi connectivity index (χ1v) is 17.0. The van der Waals surface area contributed by atoms with E-state index in [1.807, 2.05) is 26.8 Å². The Morgan fingerprint density at radius 1 is 0.978 bits per heavy atom. The number of carbonyl (C=O) groups excluding carboxylic acids is 2. The lowest BCUT2D eigenvalue weighted by atomic mass is 9.90. The first kappa shape index (κ1) is 34.1. The first-order valence-electron chi connectivity index (χ1n) is 15.8. The van der Waals surface area contributed by atoms with Gasteiger partial charge in [0.25, 0.3) is 0 Å². The number of benzene rings is 3. The molecule has 3 aromatic rings. The minimum Gasteiger partial charge on any atom is -0.476 e. The number of likely N-dealkylation sites (tertiary alicyclic amines) is 2. The molecular formula is C36H43BrClN3O5. The fourth-order valence-corrected chi connectivity index (χ4v) is 6.64. The summed E-state index contributed by atoms with van der Waals surface area (Å²) in [5.74, 6) is 0.347. The Hall–Kier alpha value is -3.27. The number of halogens is 2. The second-order valence-corrected chi connectivity index (χ2v) is 14.3. The van der Waals surface area contributed by atoms with E-state index in [4.69, 9.17) is 25.8 Å². The SMILES string of the molecule is COC(=O)[C@@H](Oc1cc(Br)c(Cl)cc1NCC1CN(C(c2ccccc2)c2ccccc2)C1)C1CCN(C(=O)OC(C)(C)C)CC1. The van der Waals surface area contributed by atoms with Gasteiger partial charge in [-0.1, -0.05) is 72.3 Å². The molecule has 0 spiro atoms. The van der Waals surface area contributed by atoms with Gasteiger partial charge in [-0.05, 0) is 72.8 Å². The van der Waals surface area contributed by atoms with Gasteiger partial charge in [0.1, 0.15) is 11.4 Å². The molecule has 246 valence electrons. The summed E-state index contributed by atoms with van der Waals surface area (Å²) in [5.41, 5.74) is 2.71. The van der Waals surface area contributed by atoms with Crippen LogP contribution in [0.3, 0.4) is 0 Å². The Kier molecular flexibility index (Phi) is 11.2. The molecule has 5 rings (SSSR count). The summed E-state index contributed by atoms with van der Waals surface area (Å²) in [7, 11) is 1.37. The number of hydrogen-bond donors (Lipinski definition) is 1. The van der Waals surface area contributed by atoms with Gasteiger partial charge in [0.15, 0.2) is 6.10 Å². The number of carbonyl (C=O) groups is 2. The third-order valence-electron chi connectivity index (χ3n) is 8.49. The van der Waals surface area contributed by atoms with E-state index < -0.39 is 17.7 Å². The average molecular weight is 713 g/mol. The van der Waals surface area contributed by atoms with Gasteiger partial charge in [-0.15, -0.1) is 0 Å². The molecule has 1 atom stereocenters. The van der Waals surface area contributed by atoms with Crippen molar-refractivity contribution in [3.8, 4) is 5.75 Å². The number of ether oxygens (including phenoxy) is 3. The third kappa shape index (κ3) is 8.55. The summed E-state index contributed by atoms with van der Waals surface area (Å²) in [5, 5.41) is 4.09. The molecule has 2 fully saturated rings.